The molecule has 27 heavy (non-hydrogen) atoms. The lowest BCUT2D eigenvalue weighted by Crippen LogP contribution is -2.45. The van der Waals surface area contributed by atoms with Gasteiger partial charge in [-0.3, -0.25) is 4.99 Å². The molecule has 2 rings (SSSR count). The molecule has 1 aliphatic rings. The van der Waals surface area contributed by atoms with Gasteiger partial charge < -0.3 is 15.5 Å². The number of hydrogen-bond acceptors (Lipinski definition) is 4. The van der Waals surface area contributed by atoms with Gasteiger partial charge in [0, 0.05) is 31.4 Å². The Labute approximate surface area is 164 Å². The van der Waals surface area contributed by atoms with Gasteiger partial charge in [0.2, 0.25) is 0 Å². The fourth-order valence-corrected chi connectivity index (χ4v) is 3.91. The Balaban J connectivity index is 1.93. The molecule has 0 spiro atoms. The molecule has 1 aliphatic heterocycles. The number of rotatable bonds is 6. The average Bonchev–Trinajstić information content (AvgIpc) is 3.03. The van der Waals surface area contributed by atoms with Crippen molar-refractivity contribution >= 4 is 21.5 Å². The van der Waals surface area contributed by atoms with Crippen LogP contribution < -0.4 is 15.5 Å². The fraction of sp³-hybridized carbons (Fsp3) is 0.650. The van der Waals surface area contributed by atoms with Crippen molar-refractivity contribution in [3.05, 3.63) is 29.8 Å². The fourth-order valence-electron chi connectivity index (χ4n) is 2.97. The molecule has 0 bridgehead atoms. The second kappa shape index (κ2) is 8.95. The molecule has 2 N–H and O–H groups in total. The van der Waals surface area contributed by atoms with Crippen LogP contribution in [0.2, 0.25) is 0 Å². The largest absolute Gasteiger partial charge is 0.369 e. The molecular formula is C20H34N4O2S. The smallest absolute Gasteiger partial charge is 0.191 e. The number of anilines is 1. The molecule has 1 aromatic rings. The molecule has 1 saturated heterocycles. The van der Waals surface area contributed by atoms with Crippen molar-refractivity contribution < 1.29 is 8.42 Å². The SMILES string of the molecule is CCNC(=NCCS(=O)(=O)C(C)(C)C)NC1CCN(c2ccc(C)cc2)C1. The molecule has 0 amide bonds. The quantitative estimate of drug-likeness (QED) is 0.572. The summed E-state index contributed by atoms with van der Waals surface area (Å²) in [4.78, 5) is 6.85. The van der Waals surface area contributed by atoms with E-state index < -0.39 is 14.6 Å². The maximum Gasteiger partial charge on any atom is 0.191 e. The third-order valence-electron chi connectivity index (χ3n) is 4.84. The zero-order valence-electron chi connectivity index (χ0n) is 17.2. The van der Waals surface area contributed by atoms with Crippen molar-refractivity contribution in [3.63, 3.8) is 0 Å². The van der Waals surface area contributed by atoms with Crippen LogP contribution in [0.3, 0.4) is 0 Å². The van der Waals surface area contributed by atoms with Crippen molar-refractivity contribution in [2.75, 3.05) is 36.8 Å². The van der Waals surface area contributed by atoms with Gasteiger partial charge in [-0.2, -0.15) is 0 Å². The number of sulfone groups is 1. The van der Waals surface area contributed by atoms with E-state index in [0.29, 0.717) is 12.0 Å². The third kappa shape index (κ3) is 6.13. The summed E-state index contributed by atoms with van der Waals surface area (Å²) < 4.78 is 23.7. The van der Waals surface area contributed by atoms with E-state index in [4.69, 9.17) is 0 Å². The first kappa shape index (κ1) is 21.5. The Bertz CT molecular complexity index is 736. The summed E-state index contributed by atoms with van der Waals surface area (Å²) in [5.41, 5.74) is 2.50. The molecule has 0 aliphatic carbocycles. The normalized spacial score (nSPS) is 18.6. The molecule has 0 saturated carbocycles. The predicted octanol–water partition coefficient (Wildman–Crippen LogP) is 2.34. The van der Waals surface area contributed by atoms with E-state index in [1.807, 2.05) is 6.92 Å². The minimum Gasteiger partial charge on any atom is -0.369 e. The van der Waals surface area contributed by atoms with Crippen molar-refractivity contribution in [2.45, 2.75) is 51.8 Å². The Kier molecular flexibility index (Phi) is 7.14. The first-order chi connectivity index (χ1) is 12.6. The van der Waals surface area contributed by atoms with Crippen molar-refractivity contribution in [1.29, 1.82) is 0 Å². The molecule has 0 radical (unpaired) electrons. The number of guanidine groups is 1. The van der Waals surface area contributed by atoms with Crippen LogP contribution in [0.25, 0.3) is 0 Å². The molecule has 0 aromatic heterocycles. The Morgan fingerprint density at radius 3 is 2.52 bits per heavy atom. The molecule has 1 atom stereocenters. The predicted molar refractivity (Wildman–Crippen MR) is 114 cm³/mol. The molecule has 1 heterocycles. The molecular weight excluding hydrogens is 360 g/mol. The Morgan fingerprint density at radius 2 is 1.93 bits per heavy atom. The monoisotopic (exact) mass is 394 g/mol. The number of benzene rings is 1. The standard InChI is InChI=1S/C20H34N4O2S/c1-6-21-19(22-12-14-27(25,26)20(3,4)5)23-17-11-13-24(15-17)18-9-7-16(2)8-10-18/h7-10,17H,6,11-15H2,1-5H3,(H2,21,22,23). The number of nitrogens with zero attached hydrogens (tertiary/aromatic N) is 2. The van der Waals surface area contributed by atoms with E-state index in [1.54, 1.807) is 20.8 Å². The highest BCUT2D eigenvalue weighted by atomic mass is 32.2. The first-order valence-corrected chi connectivity index (χ1v) is 11.4. The van der Waals surface area contributed by atoms with Gasteiger partial charge in [-0.25, -0.2) is 8.42 Å². The lowest BCUT2D eigenvalue weighted by Gasteiger charge is -2.21. The third-order valence-corrected chi connectivity index (χ3v) is 7.42. The van der Waals surface area contributed by atoms with Gasteiger partial charge in [0.25, 0.3) is 0 Å². The van der Waals surface area contributed by atoms with E-state index in [0.717, 1.165) is 26.1 Å². The average molecular weight is 395 g/mol. The highest BCUT2D eigenvalue weighted by molar-refractivity contribution is 7.92. The number of aryl methyl sites for hydroxylation is 1. The molecule has 152 valence electrons. The summed E-state index contributed by atoms with van der Waals surface area (Å²) in [6.45, 7) is 12.2. The minimum atomic E-state index is -3.15. The van der Waals surface area contributed by atoms with E-state index in [2.05, 4.69) is 51.7 Å². The number of nitrogens with one attached hydrogen (secondary N) is 2. The molecule has 7 heteroatoms. The van der Waals surface area contributed by atoms with Crippen LogP contribution in [0, 0.1) is 6.92 Å². The van der Waals surface area contributed by atoms with Crippen LogP contribution in [0.5, 0.6) is 0 Å². The van der Waals surface area contributed by atoms with Crippen LogP contribution in [0.1, 0.15) is 39.7 Å². The molecule has 1 aromatic carbocycles. The first-order valence-electron chi connectivity index (χ1n) is 9.71. The van der Waals surface area contributed by atoms with E-state index >= 15 is 0 Å². The molecule has 1 fully saturated rings. The van der Waals surface area contributed by atoms with Gasteiger partial charge in [0.1, 0.15) is 0 Å². The lowest BCUT2D eigenvalue weighted by atomic mass is 10.2. The number of hydrogen-bond donors (Lipinski definition) is 2. The van der Waals surface area contributed by atoms with Gasteiger partial charge in [0.15, 0.2) is 15.8 Å². The van der Waals surface area contributed by atoms with Crippen LogP contribution >= 0.6 is 0 Å². The summed E-state index contributed by atoms with van der Waals surface area (Å²) in [7, 11) is -3.15. The summed E-state index contributed by atoms with van der Waals surface area (Å²) in [5, 5.41) is 6.68. The molecule has 6 nitrogen and oxygen atoms in total. The van der Waals surface area contributed by atoms with Crippen LogP contribution in [0.4, 0.5) is 5.69 Å². The van der Waals surface area contributed by atoms with Crippen LogP contribution in [0.15, 0.2) is 29.3 Å². The summed E-state index contributed by atoms with van der Waals surface area (Å²) in [6, 6.07) is 8.89. The Hall–Kier alpha value is -1.76. The van der Waals surface area contributed by atoms with Gasteiger partial charge in [-0.05, 0) is 53.2 Å². The van der Waals surface area contributed by atoms with Gasteiger partial charge >= 0.3 is 0 Å². The zero-order chi connectivity index (χ0) is 20.1. The van der Waals surface area contributed by atoms with Gasteiger partial charge in [0.05, 0.1) is 17.0 Å². The summed E-state index contributed by atoms with van der Waals surface area (Å²) in [6.07, 6.45) is 1.03. The van der Waals surface area contributed by atoms with Crippen molar-refractivity contribution in [1.82, 2.24) is 10.6 Å². The van der Waals surface area contributed by atoms with Crippen molar-refractivity contribution in [3.8, 4) is 0 Å². The van der Waals surface area contributed by atoms with Crippen LogP contribution in [-0.2, 0) is 9.84 Å². The highest BCUT2D eigenvalue weighted by Gasteiger charge is 2.28. The topological polar surface area (TPSA) is 73.8 Å². The lowest BCUT2D eigenvalue weighted by molar-refractivity contribution is 0.560. The van der Waals surface area contributed by atoms with Crippen molar-refractivity contribution in [2.24, 2.45) is 4.99 Å². The summed E-state index contributed by atoms with van der Waals surface area (Å²) >= 11 is 0. The van der Waals surface area contributed by atoms with E-state index in [1.165, 1.54) is 11.3 Å². The highest BCUT2D eigenvalue weighted by Crippen LogP contribution is 2.20. The summed E-state index contributed by atoms with van der Waals surface area (Å²) in [5.74, 6) is 0.755. The zero-order valence-corrected chi connectivity index (χ0v) is 18.1. The second-order valence-electron chi connectivity index (χ2n) is 8.10. The molecule has 1 unspecified atom stereocenters. The number of aliphatic imine (C=N–C) groups is 1. The van der Waals surface area contributed by atoms with E-state index in [-0.39, 0.29) is 12.3 Å². The minimum absolute atomic E-state index is 0.0627. The van der Waals surface area contributed by atoms with Gasteiger partial charge in [-0.1, -0.05) is 17.7 Å². The maximum atomic E-state index is 12.2. The van der Waals surface area contributed by atoms with Gasteiger partial charge in [-0.15, -0.1) is 0 Å². The second-order valence-corrected chi connectivity index (χ2v) is 11.0. The Morgan fingerprint density at radius 1 is 1.26 bits per heavy atom. The van der Waals surface area contributed by atoms with Crippen LogP contribution in [-0.4, -0.2) is 57.1 Å². The van der Waals surface area contributed by atoms with E-state index in [9.17, 15) is 8.42 Å². The maximum absolute atomic E-state index is 12.2.